The van der Waals surface area contributed by atoms with E-state index in [-0.39, 0.29) is 22.7 Å². The first-order chi connectivity index (χ1) is 12.0. The number of carbonyl (C=O) groups is 1. The number of para-hydroxylation sites is 2. The molecule has 3 aromatic rings. The molecule has 1 aromatic carbocycles. The molecule has 7 heteroatoms. The molecule has 0 saturated carbocycles. The summed E-state index contributed by atoms with van der Waals surface area (Å²) in [6.07, 6.45) is 0.353. The number of hydrogen-bond acceptors (Lipinski definition) is 6. The monoisotopic (exact) mass is 337 g/mol. The minimum Gasteiger partial charge on any atom is -0.507 e. The van der Waals surface area contributed by atoms with Gasteiger partial charge in [-0.2, -0.15) is 5.26 Å². The van der Waals surface area contributed by atoms with E-state index in [1.54, 1.807) is 13.0 Å². The van der Waals surface area contributed by atoms with E-state index in [0.29, 0.717) is 11.3 Å². The number of hydrogen-bond donors (Lipinski definition) is 2. The third-order valence-corrected chi connectivity index (χ3v) is 3.74. The standard InChI is InChI=1S/C18H15N3O4/c1-10-12(7-8-24-10)18(23)25-11(2)16(22)13(9-19)17-20-14-5-3-4-6-15(14)21-17/h3-8,11,22H,1-2H3,(H,20,21)/b16-13-/t11-/m0/s1. The molecule has 0 aliphatic heterocycles. The van der Waals surface area contributed by atoms with Crippen LogP contribution < -0.4 is 0 Å². The van der Waals surface area contributed by atoms with Crippen molar-refractivity contribution in [3.05, 3.63) is 59.5 Å². The molecule has 2 aromatic heterocycles. The highest BCUT2D eigenvalue weighted by Crippen LogP contribution is 2.22. The molecular formula is C18H15N3O4. The largest absolute Gasteiger partial charge is 0.507 e. The van der Waals surface area contributed by atoms with Gasteiger partial charge >= 0.3 is 5.97 Å². The molecule has 0 spiro atoms. The van der Waals surface area contributed by atoms with Gasteiger partial charge in [0.25, 0.3) is 0 Å². The third-order valence-electron chi connectivity index (χ3n) is 3.74. The summed E-state index contributed by atoms with van der Waals surface area (Å²) in [5, 5.41) is 19.8. The lowest BCUT2D eigenvalue weighted by Crippen LogP contribution is -2.18. The molecule has 0 saturated heterocycles. The fraction of sp³-hybridized carbons (Fsp3) is 0.167. The number of imidazole rings is 1. The van der Waals surface area contributed by atoms with Crippen molar-refractivity contribution < 1.29 is 19.1 Å². The van der Waals surface area contributed by atoms with Gasteiger partial charge in [0, 0.05) is 0 Å². The van der Waals surface area contributed by atoms with Crippen molar-refractivity contribution in [2.24, 2.45) is 0 Å². The number of aliphatic hydroxyl groups is 1. The number of nitrogens with one attached hydrogen (secondary N) is 1. The van der Waals surface area contributed by atoms with Crippen molar-refractivity contribution >= 4 is 22.6 Å². The minimum absolute atomic E-state index is 0.0829. The number of esters is 1. The summed E-state index contributed by atoms with van der Waals surface area (Å²) < 4.78 is 10.3. The van der Waals surface area contributed by atoms with Gasteiger partial charge in [0.1, 0.15) is 23.0 Å². The smallest absolute Gasteiger partial charge is 0.342 e. The molecule has 126 valence electrons. The van der Waals surface area contributed by atoms with E-state index >= 15 is 0 Å². The van der Waals surface area contributed by atoms with Gasteiger partial charge in [0.15, 0.2) is 17.7 Å². The zero-order valence-corrected chi connectivity index (χ0v) is 13.6. The fourth-order valence-corrected chi connectivity index (χ4v) is 2.38. The molecule has 2 heterocycles. The third kappa shape index (κ3) is 3.10. The lowest BCUT2D eigenvalue weighted by molar-refractivity contribution is 0.0332. The number of nitrogens with zero attached hydrogens (tertiary/aromatic N) is 2. The Balaban J connectivity index is 1.89. The lowest BCUT2D eigenvalue weighted by atomic mass is 10.1. The average Bonchev–Trinajstić information content (AvgIpc) is 3.21. The molecule has 0 unspecified atom stereocenters. The van der Waals surface area contributed by atoms with E-state index in [0.717, 1.165) is 5.52 Å². The molecule has 0 aliphatic carbocycles. The van der Waals surface area contributed by atoms with E-state index in [9.17, 15) is 15.2 Å². The van der Waals surface area contributed by atoms with Crippen LogP contribution in [0.2, 0.25) is 0 Å². The minimum atomic E-state index is -1.02. The number of rotatable bonds is 4. The number of nitriles is 1. The van der Waals surface area contributed by atoms with E-state index in [1.165, 1.54) is 19.3 Å². The van der Waals surface area contributed by atoms with Crippen molar-refractivity contribution in [1.82, 2.24) is 9.97 Å². The Hall–Kier alpha value is -3.53. The van der Waals surface area contributed by atoms with Gasteiger partial charge in [0.05, 0.1) is 17.3 Å². The zero-order chi connectivity index (χ0) is 18.0. The molecule has 0 radical (unpaired) electrons. The second kappa shape index (κ2) is 6.53. The summed E-state index contributed by atoms with van der Waals surface area (Å²) in [4.78, 5) is 19.4. The highest BCUT2D eigenvalue weighted by molar-refractivity contribution is 5.91. The topological polar surface area (TPSA) is 112 Å². The van der Waals surface area contributed by atoms with Gasteiger partial charge in [-0.05, 0) is 32.0 Å². The Labute approximate surface area is 143 Å². The first-order valence-corrected chi connectivity index (χ1v) is 7.54. The van der Waals surface area contributed by atoms with E-state index in [1.807, 2.05) is 24.3 Å². The van der Waals surface area contributed by atoms with Gasteiger partial charge < -0.3 is 19.2 Å². The lowest BCUT2D eigenvalue weighted by Gasteiger charge is -2.13. The van der Waals surface area contributed by atoms with Crippen LogP contribution in [0.3, 0.4) is 0 Å². The summed E-state index contributed by atoms with van der Waals surface area (Å²) in [6, 6.07) is 10.6. The SMILES string of the molecule is Cc1occc1C(=O)O[C@@H](C)/C(O)=C(\C#N)c1nc2ccccc2[nH]1. The number of aryl methyl sites for hydroxylation is 1. The van der Waals surface area contributed by atoms with Crippen LogP contribution in [-0.2, 0) is 4.74 Å². The molecular weight excluding hydrogens is 322 g/mol. The Morgan fingerprint density at radius 3 is 2.80 bits per heavy atom. The average molecular weight is 337 g/mol. The molecule has 3 rings (SSSR count). The summed E-state index contributed by atoms with van der Waals surface area (Å²) in [6.45, 7) is 3.11. The summed E-state index contributed by atoms with van der Waals surface area (Å²) >= 11 is 0. The number of aliphatic hydroxyl groups excluding tert-OH is 1. The molecule has 1 atom stereocenters. The quantitative estimate of drug-likeness (QED) is 0.428. The van der Waals surface area contributed by atoms with Crippen LogP contribution in [0.1, 0.15) is 28.9 Å². The maximum Gasteiger partial charge on any atom is 0.342 e. The number of benzene rings is 1. The van der Waals surface area contributed by atoms with Crippen molar-refractivity contribution in [1.29, 1.82) is 5.26 Å². The maximum absolute atomic E-state index is 12.1. The van der Waals surface area contributed by atoms with Crippen molar-refractivity contribution in [2.45, 2.75) is 20.0 Å². The fourth-order valence-electron chi connectivity index (χ4n) is 2.38. The first-order valence-electron chi connectivity index (χ1n) is 7.54. The van der Waals surface area contributed by atoms with E-state index in [4.69, 9.17) is 9.15 Å². The molecule has 7 nitrogen and oxygen atoms in total. The second-order valence-electron chi connectivity index (χ2n) is 5.41. The Bertz CT molecular complexity index is 974. The summed E-state index contributed by atoms with van der Waals surface area (Å²) in [5.74, 6) is -0.398. The van der Waals surface area contributed by atoms with Crippen LogP contribution in [0.25, 0.3) is 16.6 Å². The van der Waals surface area contributed by atoms with Crippen molar-refractivity contribution in [3.8, 4) is 6.07 Å². The number of carbonyl (C=O) groups excluding carboxylic acids is 1. The molecule has 0 bridgehead atoms. The highest BCUT2D eigenvalue weighted by atomic mass is 16.6. The van der Waals surface area contributed by atoms with E-state index in [2.05, 4.69) is 9.97 Å². The van der Waals surface area contributed by atoms with Gasteiger partial charge in [-0.1, -0.05) is 12.1 Å². The Morgan fingerprint density at radius 2 is 2.16 bits per heavy atom. The number of allylic oxidation sites excluding steroid dienone is 1. The summed E-state index contributed by atoms with van der Waals surface area (Å²) in [7, 11) is 0. The van der Waals surface area contributed by atoms with Gasteiger partial charge in [-0.3, -0.25) is 0 Å². The van der Waals surface area contributed by atoms with Gasteiger partial charge in [-0.25, -0.2) is 9.78 Å². The second-order valence-corrected chi connectivity index (χ2v) is 5.41. The van der Waals surface area contributed by atoms with Crippen LogP contribution >= 0.6 is 0 Å². The predicted octanol–water partition coefficient (Wildman–Crippen LogP) is 3.50. The molecule has 0 amide bonds. The normalized spacial score (nSPS) is 13.2. The predicted molar refractivity (Wildman–Crippen MR) is 89.6 cm³/mol. The van der Waals surface area contributed by atoms with E-state index < -0.39 is 12.1 Å². The number of aromatic nitrogens is 2. The van der Waals surface area contributed by atoms with Crippen LogP contribution in [0.4, 0.5) is 0 Å². The number of ether oxygens (including phenoxy) is 1. The molecule has 0 fully saturated rings. The Morgan fingerprint density at radius 1 is 1.40 bits per heavy atom. The van der Waals surface area contributed by atoms with Crippen LogP contribution in [-0.4, -0.2) is 27.1 Å². The number of furan rings is 1. The highest BCUT2D eigenvalue weighted by Gasteiger charge is 2.23. The van der Waals surface area contributed by atoms with Crippen LogP contribution in [0.15, 0.2) is 46.8 Å². The zero-order valence-electron chi connectivity index (χ0n) is 13.6. The first kappa shape index (κ1) is 16.3. The number of fused-ring (bicyclic) bond motifs is 1. The molecule has 2 N–H and O–H groups in total. The summed E-state index contributed by atoms with van der Waals surface area (Å²) in [5.41, 5.74) is 1.58. The van der Waals surface area contributed by atoms with Crippen molar-refractivity contribution in [2.75, 3.05) is 0 Å². The molecule has 25 heavy (non-hydrogen) atoms. The Kier molecular flexibility index (Phi) is 4.27. The number of aromatic amines is 1. The van der Waals surface area contributed by atoms with Crippen LogP contribution in [0, 0.1) is 18.3 Å². The van der Waals surface area contributed by atoms with Crippen molar-refractivity contribution in [3.63, 3.8) is 0 Å². The maximum atomic E-state index is 12.1. The van der Waals surface area contributed by atoms with Gasteiger partial charge in [-0.15, -0.1) is 0 Å². The molecule has 0 aliphatic rings. The van der Waals surface area contributed by atoms with Crippen LogP contribution in [0.5, 0.6) is 0 Å². The number of H-pyrrole nitrogens is 1. The van der Waals surface area contributed by atoms with Gasteiger partial charge in [0.2, 0.25) is 0 Å².